The molecule has 0 aliphatic heterocycles. The Morgan fingerprint density at radius 3 is 1.74 bits per heavy atom. The number of ether oxygens (including phenoxy) is 1. The van der Waals surface area contributed by atoms with E-state index in [1.165, 1.54) is 0 Å². The van der Waals surface area contributed by atoms with Crippen molar-refractivity contribution in [2.75, 3.05) is 7.11 Å². The molecule has 0 spiro atoms. The molecule has 34 heavy (non-hydrogen) atoms. The molecule has 0 atom stereocenters. The van der Waals surface area contributed by atoms with Crippen LogP contribution in [-0.2, 0) is 25.7 Å². The highest BCUT2D eigenvalue weighted by atomic mass is 16.5. The summed E-state index contributed by atoms with van der Waals surface area (Å²) in [6.07, 6.45) is 2.29. The van der Waals surface area contributed by atoms with Gasteiger partial charge in [-0.25, -0.2) is 0 Å². The maximum Gasteiger partial charge on any atom is 0.126 e. The SMILES string of the molecule is COc1cc(CCc2cccc(O)c2)c(Cc2ccc(O)cc2)c(O)c1Cc1ccc(O)cc1. The van der Waals surface area contributed by atoms with E-state index in [4.69, 9.17) is 4.74 Å². The van der Waals surface area contributed by atoms with E-state index < -0.39 is 0 Å². The lowest BCUT2D eigenvalue weighted by atomic mass is 9.90. The van der Waals surface area contributed by atoms with E-state index in [2.05, 4.69) is 0 Å². The Morgan fingerprint density at radius 2 is 1.18 bits per heavy atom. The van der Waals surface area contributed by atoms with Gasteiger partial charge in [0.05, 0.1) is 7.11 Å². The molecule has 0 aliphatic carbocycles. The molecule has 4 N–H and O–H groups in total. The number of phenolic OH excluding ortho intramolecular Hbond substituents is 4. The van der Waals surface area contributed by atoms with E-state index in [9.17, 15) is 20.4 Å². The molecule has 0 saturated carbocycles. The number of hydrogen-bond acceptors (Lipinski definition) is 5. The second-order valence-corrected chi connectivity index (χ2v) is 8.40. The van der Waals surface area contributed by atoms with Crippen molar-refractivity contribution in [3.63, 3.8) is 0 Å². The van der Waals surface area contributed by atoms with Crippen LogP contribution in [0.15, 0.2) is 78.9 Å². The van der Waals surface area contributed by atoms with Gasteiger partial charge in [0.15, 0.2) is 0 Å². The van der Waals surface area contributed by atoms with Gasteiger partial charge in [-0.05, 0) is 77.6 Å². The van der Waals surface area contributed by atoms with Crippen LogP contribution in [0.25, 0.3) is 0 Å². The summed E-state index contributed by atoms with van der Waals surface area (Å²) in [5.74, 6) is 1.40. The summed E-state index contributed by atoms with van der Waals surface area (Å²) in [7, 11) is 1.59. The monoisotopic (exact) mass is 456 g/mol. The number of aromatic hydroxyl groups is 4. The van der Waals surface area contributed by atoms with Crippen molar-refractivity contribution >= 4 is 0 Å². The minimum absolute atomic E-state index is 0.186. The summed E-state index contributed by atoms with van der Waals surface area (Å²) < 4.78 is 5.67. The summed E-state index contributed by atoms with van der Waals surface area (Å²) in [6, 6.07) is 23.0. The molecule has 174 valence electrons. The van der Waals surface area contributed by atoms with Gasteiger partial charge in [-0.3, -0.25) is 0 Å². The van der Waals surface area contributed by atoms with E-state index in [0.29, 0.717) is 37.0 Å². The third-order valence-electron chi connectivity index (χ3n) is 6.01. The largest absolute Gasteiger partial charge is 0.508 e. The summed E-state index contributed by atoms with van der Waals surface area (Å²) in [4.78, 5) is 0. The second-order valence-electron chi connectivity index (χ2n) is 8.40. The standard InChI is InChI=1S/C29H28O5/c1-34-28-18-22(10-5-19-3-2-4-25(32)15-19)26(16-20-6-11-23(30)12-7-20)29(33)27(28)17-21-8-13-24(31)14-9-21/h2-4,6-9,11-15,18,30-33H,5,10,16-17H2,1H3. The molecule has 0 unspecified atom stereocenters. The van der Waals surface area contributed by atoms with Crippen LogP contribution < -0.4 is 4.74 Å². The van der Waals surface area contributed by atoms with Gasteiger partial charge in [0, 0.05) is 24.0 Å². The van der Waals surface area contributed by atoms with Gasteiger partial charge in [0.2, 0.25) is 0 Å². The van der Waals surface area contributed by atoms with Crippen LogP contribution in [0.2, 0.25) is 0 Å². The highest BCUT2D eigenvalue weighted by Gasteiger charge is 2.19. The Labute approximate surface area is 199 Å². The van der Waals surface area contributed by atoms with Gasteiger partial charge in [0.25, 0.3) is 0 Å². The Kier molecular flexibility index (Phi) is 6.93. The van der Waals surface area contributed by atoms with Crippen molar-refractivity contribution in [3.05, 3.63) is 112 Å². The fourth-order valence-electron chi connectivity index (χ4n) is 4.18. The van der Waals surface area contributed by atoms with Crippen LogP contribution >= 0.6 is 0 Å². The van der Waals surface area contributed by atoms with Crippen LogP contribution in [0, 0.1) is 0 Å². The topological polar surface area (TPSA) is 90.2 Å². The number of methoxy groups -OCH3 is 1. The number of phenols is 4. The van der Waals surface area contributed by atoms with Gasteiger partial charge in [0.1, 0.15) is 28.7 Å². The lowest BCUT2D eigenvalue weighted by molar-refractivity contribution is 0.398. The normalized spacial score (nSPS) is 10.9. The summed E-state index contributed by atoms with van der Waals surface area (Å²) in [5, 5.41) is 40.5. The van der Waals surface area contributed by atoms with Gasteiger partial charge in [-0.1, -0.05) is 36.4 Å². The van der Waals surface area contributed by atoms with Crippen LogP contribution in [-0.4, -0.2) is 27.5 Å². The lowest BCUT2D eigenvalue weighted by Gasteiger charge is -2.19. The molecule has 5 nitrogen and oxygen atoms in total. The molecule has 5 heteroatoms. The molecule has 0 radical (unpaired) electrons. The third kappa shape index (κ3) is 5.44. The Bertz CT molecular complexity index is 1260. The van der Waals surface area contributed by atoms with Gasteiger partial charge < -0.3 is 25.2 Å². The predicted octanol–water partition coefficient (Wildman–Crippen LogP) is 5.48. The molecular weight excluding hydrogens is 428 g/mol. The molecule has 4 rings (SSSR count). The molecule has 0 saturated heterocycles. The first-order chi connectivity index (χ1) is 16.4. The van der Waals surface area contributed by atoms with Gasteiger partial charge in [-0.15, -0.1) is 0 Å². The Hall–Kier alpha value is -4.12. The minimum atomic E-state index is 0.186. The molecular formula is C29H28O5. The van der Waals surface area contributed by atoms with Crippen molar-refractivity contribution in [1.29, 1.82) is 0 Å². The van der Waals surface area contributed by atoms with E-state index in [0.717, 1.165) is 27.8 Å². The molecule has 0 amide bonds. The average Bonchev–Trinajstić information content (AvgIpc) is 2.83. The number of hydrogen-bond donors (Lipinski definition) is 4. The first kappa shape index (κ1) is 23.1. The zero-order valence-corrected chi connectivity index (χ0v) is 19.0. The number of rotatable bonds is 8. The third-order valence-corrected chi connectivity index (χ3v) is 6.01. The molecule has 0 aliphatic rings. The molecule has 0 bridgehead atoms. The zero-order chi connectivity index (χ0) is 24.1. The smallest absolute Gasteiger partial charge is 0.126 e. The van der Waals surface area contributed by atoms with Crippen LogP contribution in [0.4, 0.5) is 0 Å². The number of aryl methyl sites for hydroxylation is 2. The van der Waals surface area contributed by atoms with E-state index in [1.807, 2.05) is 42.5 Å². The average molecular weight is 457 g/mol. The highest BCUT2D eigenvalue weighted by molar-refractivity contribution is 5.57. The van der Waals surface area contributed by atoms with Gasteiger partial charge >= 0.3 is 0 Å². The summed E-state index contributed by atoms with van der Waals surface area (Å²) in [6.45, 7) is 0. The van der Waals surface area contributed by atoms with Gasteiger partial charge in [-0.2, -0.15) is 0 Å². The second kappa shape index (κ2) is 10.2. The van der Waals surface area contributed by atoms with E-state index >= 15 is 0 Å². The lowest BCUT2D eigenvalue weighted by Crippen LogP contribution is -2.04. The molecule has 4 aromatic carbocycles. The number of benzene rings is 4. The Balaban J connectivity index is 1.73. The first-order valence-electron chi connectivity index (χ1n) is 11.2. The molecule has 0 heterocycles. The summed E-state index contributed by atoms with van der Waals surface area (Å²) >= 11 is 0. The van der Waals surface area contributed by atoms with Crippen LogP contribution in [0.1, 0.15) is 33.4 Å². The van der Waals surface area contributed by atoms with Crippen molar-refractivity contribution in [3.8, 4) is 28.7 Å². The first-order valence-corrected chi connectivity index (χ1v) is 11.2. The van der Waals surface area contributed by atoms with Crippen LogP contribution in [0.3, 0.4) is 0 Å². The van der Waals surface area contributed by atoms with Crippen molar-refractivity contribution in [2.45, 2.75) is 25.7 Å². The minimum Gasteiger partial charge on any atom is -0.508 e. The van der Waals surface area contributed by atoms with E-state index in [1.54, 1.807) is 43.5 Å². The summed E-state index contributed by atoms with van der Waals surface area (Å²) in [5.41, 5.74) is 5.35. The van der Waals surface area contributed by atoms with Crippen molar-refractivity contribution in [1.82, 2.24) is 0 Å². The molecule has 0 aromatic heterocycles. The molecule has 0 fully saturated rings. The highest BCUT2D eigenvalue weighted by Crippen LogP contribution is 2.38. The maximum absolute atomic E-state index is 11.4. The molecule has 4 aromatic rings. The maximum atomic E-state index is 11.4. The van der Waals surface area contributed by atoms with E-state index in [-0.39, 0.29) is 23.0 Å². The predicted molar refractivity (Wildman–Crippen MR) is 132 cm³/mol. The van der Waals surface area contributed by atoms with Crippen molar-refractivity contribution in [2.24, 2.45) is 0 Å². The zero-order valence-electron chi connectivity index (χ0n) is 19.0. The fraction of sp³-hybridized carbons (Fsp3) is 0.172. The van der Waals surface area contributed by atoms with Crippen molar-refractivity contribution < 1.29 is 25.2 Å². The fourth-order valence-corrected chi connectivity index (χ4v) is 4.18. The Morgan fingerprint density at radius 1 is 0.588 bits per heavy atom. The van der Waals surface area contributed by atoms with Crippen LogP contribution in [0.5, 0.6) is 28.7 Å². The quantitative estimate of drug-likeness (QED) is 0.282.